The molecule has 7 heavy (non-hydrogen) atoms. The van der Waals surface area contributed by atoms with Crippen LogP contribution in [0.3, 0.4) is 0 Å². The molecule has 1 nitrogen and oxygen atoms in total. The summed E-state index contributed by atoms with van der Waals surface area (Å²) in [6.07, 6.45) is 1.11. The highest BCUT2D eigenvalue weighted by atomic mass is 32.2. The molecule has 0 saturated carbocycles. The van der Waals surface area contributed by atoms with E-state index in [-0.39, 0.29) is 0 Å². The molecule has 0 heterocycles. The monoisotopic (exact) mass is 120 g/mol. The summed E-state index contributed by atoms with van der Waals surface area (Å²) in [5.74, 6) is 1.59. The third-order valence-corrected chi connectivity index (χ3v) is 1.20. The first-order valence-corrected chi connectivity index (χ1v) is 3.48. The van der Waals surface area contributed by atoms with Gasteiger partial charge in [0, 0.05) is 5.75 Å². The Kier molecular flexibility index (Phi) is 4.67. The summed E-state index contributed by atoms with van der Waals surface area (Å²) in [7, 11) is 0. The highest BCUT2D eigenvalue weighted by molar-refractivity contribution is 7.93. The van der Waals surface area contributed by atoms with Crippen molar-refractivity contribution in [1.82, 2.24) is 0 Å². The van der Waals surface area contributed by atoms with E-state index in [0.29, 0.717) is 0 Å². The van der Waals surface area contributed by atoms with Crippen LogP contribution in [0.1, 0.15) is 20.3 Å². The molecule has 1 N–H and O–H groups in total. The molecule has 0 radical (unpaired) electrons. The van der Waals surface area contributed by atoms with Crippen LogP contribution in [-0.4, -0.2) is 10.3 Å². The average Bonchev–Trinajstić information content (AvgIpc) is 1.61. The van der Waals surface area contributed by atoms with Crippen molar-refractivity contribution < 1.29 is 4.55 Å². The fourth-order valence-corrected chi connectivity index (χ4v) is 0.865. The van der Waals surface area contributed by atoms with Gasteiger partial charge in [-0.3, -0.25) is 0 Å². The molecule has 0 aromatic rings. The lowest BCUT2D eigenvalue weighted by Gasteiger charge is -1.97. The van der Waals surface area contributed by atoms with Gasteiger partial charge in [0.1, 0.15) is 0 Å². The van der Waals surface area contributed by atoms with Crippen LogP contribution in [-0.2, 0) is 0 Å². The van der Waals surface area contributed by atoms with Gasteiger partial charge in [0.25, 0.3) is 0 Å². The van der Waals surface area contributed by atoms with Crippen molar-refractivity contribution in [2.24, 2.45) is 5.92 Å². The van der Waals surface area contributed by atoms with Crippen LogP contribution in [0.4, 0.5) is 0 Å². The zero-order valence-electron chi connectivity index (χ0n) is 4.85. The van der Waals surface area contributed by atoms with Gasteiger partial charge in [-0.2, -0.15) is 0 Å². The molecule has 2 heteroatoms. The summed E-state index contributed by atoms with van der Waals surface area (Å²) < 4.78 is 8.23. The minimum Gasteiger partial charge on any atom is -0.330 e. The van der Waals surface area contributed by atoms with E-state index in [9.17, 15) is 0 Å². The summed E-state index contributed by atoms with van der Waals surface area (Å²) in [5, 5.41) is 0. The minimum atomic E-state index is 0.722. The van der Waals surface area contributed by atoms with Gasteiger partial charge in [0.15, 0.2) is 0 Å². The molecule has 44 valence electrons. The molecule has 0 atom stereocenters. The maximum Gasteiger partial charge on any atom is 0.0197 e. The first-order valence-electron chi connectivity index (χ1n) is 2.53. The molecule has 0 aliphatic rings. The third-order valence-electron chi connectivity index (χ3n) is 0.786. The predicted molar refractivity (Wildman–Crippen MR) is 34.5 cm³/mol. The zero-order chi connectivity index (χ0) is 5.70. The van der Waals surface area contributed by atoms with Crippen molar-refractivity contribution in [3.63, 3.8) is 0 Å². The average molecular weight is 120 g/mol. The number of rotatable bonds is 3. The fraction of sp³-hybridized carbons (Fsp3) is 1.00. The van der Waals surface area contributed by atoms with Crippen molar-refractivity contribution in [3.8, 4) is 0 Å². The Hall–Kier alpha value is 0.310. The Morgan fingerprint density at radius 1 is 1.57 bits per heavy atom. The van der Waals surface area contributed by atoms with Gasteiger partial charge in [0.05, 0.1) is 0 Å². The van der Waals surface area contributed by atoms with Crippen molar-refractivity contribution in [2.75, 3.05) is 5.75 Å². The molecule has 0 aromatic heterocycles. The van der Waals surface area contributed by atoms with Crippen LogP contribution in [0.15, 0.2) is 0 Å². The standard InChI is InChI=1S/C5H12OS/c1-5(2)3-4-7-6/h5-6H,3-4H2,1-2H3. The minimum absolute atomic E-state index is 0.722. The summed E-state index contributed by atoms with van der Waals surface area (Å²) >= 11 is 0.930. The second-order valence-electron chi connectivity index (χ2n) is 2.02. The van der Waals surface area contributed by atoms with Crippen LogP contribution in [0.25, 0.3) is 0 Å². The lowest BCUT2D eigenvalue weighted by Crippen LogP contribution is -1.87. The Labute approximate surface area is 49.3 Å². The molecule has 0 spiro atoms. The number of hydrogen-bond acceptors (Lipinski definition) is 2. The van der Waals surface area contributed by atoms with Gasteiger partial charge in [-0.05, 0) is 24.4 Å². The van der Waals surface area contributed by atoms with E-state index in [2.05, 4.69) is 13.8 Å². The zero-order valence-corrected chi connectivity index (χ0v) is 5.66. The molecule has 0 aromatic carbocycles. The van der Waals surface area contributed by atoms with Crippen LogP contribution in [0.2, 0.25) is 0 Å². The maximum atomic E-state index is 8.23. The van der Waals surface area contributed by atoms with Gasteiger partial charge in [-0.15, -0.1) is 0 Å². The quantitative estimate of drug-likeness (QED) is 0.576. The molecule has 0 aliphatic carbocycles. The normalized spacial score (nSPS) is 10.3. The Balaban J connectivity index is 2.68. The highest BCUT2D eigenvalue weighted by Gasteiger charge is 1.90. The molecular formula is C5H12OS. The maximum absolute atomic E-state index is 8.23. The van der Waals surface area contributed by atoms with E-state index >= 15 is 0 Å². The Morgan fingerprint density at radius 2 is 2.14 bits per heavy atom. The van der Waals surface area contributed by atoms with Gasteiger partial charge >= 0.3 is 0 Å². The van der Waals surface area contributed by atoms with E-state index in [1.807, 2.05) is 0 Å². The van der Waals surface area contributed by atoms with E-state index in [1.54, 1.807) is 0 Å². The van der Waals surface area contributed by atoms with E-state index in [4.69, 9.17) is 4.55 Å². The highest BCUT2D eigenvalue weighted by Crippen LogP contribution is 2.03. The van der Waals surface area contributed by atoms with Crippen LogP contribution >= 0.6 is 12.0 Å². The molecule has 0 rings (SSSR count). The smallest absolute Gasteiger partial charge is 0.0197 e. The SMILES string of the molecule is CC(C)CCSO. The van der Waals surface area contributed by atoms with Crippen LogP contribution in [0, 0.1) is 5.92 Å². The Bertz CT molecular complexity index is 37.1. The molecule has 0 fully saturated rings. The van der Waals surface area contributed by atoms with Gasteiger partial charge in [0.2, 0.25) is 0 Å². The van der Waals surface area contributed by atoms with E-state index in [1.165, 1.54) is 0 Å². The van der Waals surface area contributed by atoms with Crippen LogP contribution in [0.5, 0.6) is 0 Å². The second-order valence-corrected chi connectivity index (χ2v) is 2.68. The molecule has 0 bridgehead atoms. The predicted octanol–water partition coefficient (Wildman–Crippen LogP) is 2.24. The first-order chi connectivity index (χ1) is 3.27. The van der Waals surface area contributed by atoms with Crippen molar-refractivity contribution in [3.05, 3.63) is 0 Å². The van der Waals surface area contributed by atoms with Gasteiger partial charge < -0.3 is 4.55 Å². The van der Waals surface area contributed by atoms with E-state index < -0.39 is 0 Å². The van der Waals surface area contributed by atoms with Crippen LogP contribution < -0.4 is 0 Å². The largest absolute Gasteiger partial charge is 0.330 e. The van der Waals surface area contributed by atoms with Gasteiger partial charge in [-0.1, -0.05) is 13.8 Å². The molecule has 0 saturated heterocycles. The number of hydrogen-bond donors (Lipinski definition) is 1. The van der Waals surface area contributed by atoms with Crippen molar-refractivity contribution >= 4 is 12.0 Å². The third kappa shape index (κ3) is 6.31. The van der Waals surface area contributed by atoms with E-state index in [0.717, 1.165) is 30.1 Å². The van der Waals surface area contributed by atoms with Gasteiger partial charge in [-0.25, -0.2) is 0 Å². The lowest BCUT2D eigenvalue weighted by molar-refractivity contribution is 0.611. The molecular weight excluding hydrogens is 108 g/mol. The summed E-state index contributed by atoms with van der Waals surface area (Å²) in [5.41, 5.74) is 0. The lowest BCUT2D eigenvalue weighted by atomic mass is 10.2. The molecule has 0 amide bonds. The molecule has 0 unspecified atom stereocenters. The summed E-state index contributed by atoms with van der Waals surface area (Å²) in [6, 6.07) is 0. The van der Waals surface area contributed by atoms with Crippen molar-refractivity contribution in [2.45, 2.75) is 20.3 Å². The second kappa shape index (κ2) is 4.47. The van der Waals surface area contributed by atoms with Crippen molar-refractivity contribution in [1.29, 1.82) is 0 Å². The summed E-state index contributed by atoms with van der Waals surface area (Å²) in [6.45, 7) is 4.30. The summed E-state index contributed by atoms with van der Waals surface area (Å²) in [4.78, 5) is 0. The molecule has 0 aliphatic heterocycles. The Morgan fingerprint density at radius 3 is 2.29 bits per heavy atom. The topological polar surface area (TPSA) is 20.2 Å². The first kappa shape index (κ1) is 7.31. The fourth-order valence-electron chi connectivity index (χ4n) is 0.288.